The number of hydrogen-bond acceptors (Lipinski definition) is 3. The van der Waals surface area contributed by atoms with Gasteiger partial charge in [-0.2, -0.15) is 0 Å². The first-order valence-electron chi connectivity index (χ1n) is 10.4. The highest BCUT2D eigenvalue weighted by Crippen LogP contribution is 2.41. The van der Waals surface area contributed by atoms with Crippen molar-refractivity contribution in [2.45, 2.75) is 13.3 Å². The van der Waals surface area contributed by atoms with Crippen LogP contribution in [0.3, 0.4) is 0 Å². The number of ether oxygens (including phenoxy) is 1. The smallest absolute Gasteiger partial charge is 0.186 e. The molecular weight excluding hydrogens is 405 g/mol. The predicted octanol–water partition coefficient (Wildman–Crippen LogP) is 5.27. The molecule has 0 saturated carbocycles. The van der Waals surface area contributed by atoms with E-state index in [0.717, 1.165) is 25.5 Å². The second kappa shape index (κ2) is 8.71. The van der Waals surface area contributed by atoms with E-state index in [2.05, 4.69) is 96.8 Å². The lowest BCUT2D eigenvalue weighted by molar-refractivity contribution is 0.324. The third-order valence-electron chi connectivity index (χ3n) is 5.45. The zero-order valence-corrected chi connectivity index (χ0v) is 18.7. The van der Waals surface area contributed by atoms with Gasteiger partial charge in [0.2, 0.25) is 0 Å². The van der Waals surface area contributed by atoms with E-state index in [1.165, 1.54) is 30.9 Å². The van der Waals surface area contributed by atoms with Gasteiger partial charge in [0.15, 0.2) is 5.90 Å². The maximum Gasteiger partial charge on any atom is 0.186 e. The maximum atomic E-state index is 5.80. The van der Waals surface area contributed by atoms with E-state index < -0.39 is 7.92 Å². The topological polar surface area (TPSA) is 21.6 Å². The van der Waals surface area contributed by atoms with Crippen molar-refractivity contribution in [3.05, 3.63) is 90.5 Å². The summed E-state index contributed by atoms with van der Waals surface area (Å²) in [6, 6.07) is 30.8. The minimum atomic E-state index is -0.619. The number of thiophene rings is 1. The lowest BCUT2D eigenvalue weighted by Gasteiger charge is -2.20. The number of rotatable bonds is 6. The van der Waals surface area contributed by atoms with Crippen LogP contribution in [0.15, 0.2) is 89.9 Å². The van der Waals surface area contributed by atoms with Crippen molar-refractivity contribution in [3.63, 3.8) is 0 Å². The van der Waals surface area contributed by atoms with Crippen molar-refractivity contribution in [1.29, 1.82) is 0 Å². The van der Waals surface area contributed by atoms with Crippen LogP contribution >= 0.6 is 19.3 Å². The van der Waals surface area contributed by atoms with Crippen LogP contribution in [-0.4, -0.2) is 19.0 Å². The lowest BCUT2D eigenvalue weighted by Crippen LogP contribution is -2.23. The third-order valence-corrected chi connectivity index (χ3v) is 9.59. The second-order valence-corrected chi connectivity index (χ2v) is 11.1. The lowest BCUT2D eigenvalue weighted by atomic mass is 10.0. The zero-order valence-electron chi connectivity index (χ0n) is 17.0. The minimum absolute atomic E-state index is 0.285. The molecule has 0 radical (unpaired) electrons. The predicted molar refractivity (Wildman–Crippen MR) is 132 cm³/mol. The van der Waals surface area contributed by atoms with Crippen LogP contribution in [0.5, 0.6) is 0 Å². The number of nitrogens with zero attached hydrogens (tertiary/aromatic N) is 1. The summed E-state index contributed by atoms with van der Waals surface area (Å²) in [6.07, 6.45) is 0.955. The molecule has 1 aromatic heterocycles. The Hall–Kier alpha value is -2.48. The summed E-state index contributed by atoms with van der Waals surface area (Å²) in [5.74, 6) is 1.20. The minimum Gasteiger partial charge on any atom is -0.479 e. The first-order valence-corrected chi connectivity index (χ1v) is 12.5. The molecule has 0 amide bonds. The molecule has 150 valence electrons. The first-order chi connectivity index (χ1) is 14.8. The van der Waals surface area contributed by atoms with E-state index in [-0.39, 0.29) is 5.92 Å². The molecule has 2 nitrogen and oxygen atoms in total. The fraction of sp³-hybridized carbons (Fsp3) is 0.192. The van der Waals surface area contributed by atoms with Gasteiger partial charge in [-0.15, -0.1) is 11.3 Å². The van der Waals surface area contributed by atoms with Crippen LogP contribution in [0.25, 0.3) is 10.1 Å². The van der Waals surface area contributed by atoms with Gasteiger partial charge in [0.25, 0.3) is 0 Å². The molecule has 3 aromatic carbocycles. The first kappa shape index (κ1) is 19.5. The van der Waals surface area contributed by atoms with Gasteiger partial charge in [-0.25, -0.2) is 0 Å². The summed E-state index contributed by atoms with van der Waals surface area (Å²) < 4.78 is 8.66. The molecule has 2 heterocycles. The molecule has 1 atom stereocenters. The van der Waals surface area contributed by atoms with E-state index in [1.807, 2.05) is 11.3 Å². The Balaban J connectivity index is 1.67. The third kappa shape index (κ3) is 3.80. The van der Waals surface area contributed by atoms with E-state index in [0.29, 0.717) is 0 Å². The molecule has 1 aliphatic rings. The monoisotopic (exact) mass is 429 g/mol. The van der Waals surface area contributed by atoms with Crippen molar-refractivity contribution in [3.8, 4) is 0 Å². The van der Waals surface area contributed by atoms with Crippen molar-refractivity contribution in [2.75, 3.05) is 13.2 Å². The van der Waals surface area contributed by atoms with Crippen LogP contribution in [0.4, 0.5) is 0 Å². The van der Waals surface area contributed by atoms with Crippen LogP contribution in [0.2, 0.25) is 0 Å². The summed E-state index contributed by atoms with van der Waals surface area (Å²) in [5, 5.41) is 4.17. The van der Waals surface area contributed by atoms with Crippen LogP contribution in [-0.2, 0) is 11.2 Å². The normalized spacial score (nSPS) is 14.7. The molecule has 1 unspecified atom stereocenters. The molecule has 4 aromatic rings. The quantitative estimate of drug-likeness (QED) is 0.383. The Morgan fingerprint density at radius 3 is 2.17 bits per heavy atom. The maximum absolute atomic E-state index is 5.80. The summed E-state index contributed by atoms with van der Waals surface area (Å²) in [7, 11) is -0.619. The summed E-state index contributed by atoms with van der Waals surface area (Å²) in [4.78, 5) is 4.59. The Morgan fingerprint density at radius 2 is 1.53 bits per heavy atom. The molecule has 4 heteroatoms. The van der Waals surface area contributed by atoms with Gasteiger partial charge in [-0.05, 0) is 42.0 Å². The molecule has 1 aliphatic heterocycles. The standard InChI is InChI=1S/C26H24NOPS/c1-19(25-27-16-17-28-25)18-23-22-14-8-9-15-24(22)30-26(23)29(20-10-4-2-5-11-20)21-12-6-3-7-13-21/h2-15,19H,16-18H2,1H3. The number of hydrogen-bond donors (Lipinski definition) is 0. The van der Waals surface area contributed by atoms with Gasteiger partial charge in [0.1, 0.15) is 6.61 Å². The number of fused-ring (bicyclic) bond motifs is 1. The Morgan fingerprint density at radius 1 is 0.900 bits per heavy atom. The van der Waals surface area contributed by atoms with E-state index in [4.69, 9.17) is 4.74 Å². The number of benzene rings is 3. The molecule has 30 heavy (non-hydrogen) atoms. The van der Waals surface area contributed by atoms with Crippen LogP contribution in [0, 0.1) is 5.92 Å². The molecule has 0 fully saturated rings. The average Bonchev–Trinajstić information content (AvgIpc) is 3.45. The molecule has 0 saturated heterocycles. The zero-order chi connectivity index (χ0) is 20.3. The Bertz CT molecular complexity index is 1130. The molecule has 0 bridgehead atoms. The van der Waals surface area contributed by atoms with Crippen molar-refractivity contribution in [1.82, 2.24) is 0 Å². The van der Waals surface area contributed by atoms with Gasteiger partial charge in [0, 0.05) is 15.2 Å². The highest BCUT2D eigenvalue weighted by molar-refractivity contribution is 7.84. The molecule has 0 aliphatic carbocycles. The van der Waals surface area contributed by atoms with Gasteiger partial charge in [-0.3, -0.25) is 4.99 Å². The van der Waals surface area contributed by atoms with Crippen LogP contribution < -0.4 is 15.2 Å². The van der Waals surface area contributed by atoms with Crippen molar-refractivity contribution < 1.29 is 4.74 Å². The highest BCUT2D eigenvalue weighted by Gasteiger charge is 2.26. The van der Waals surface area contributed by atoms with Crippen molar-refractivity contribution in [2.24, 2.45) is 10.9 Å². The fourth-order valence-corrected chi connectivity index (χ4v) is 8.50. The van der Waals surface area contributed by atoms with Gasteiger partial charge < -0.3 is 4.74 Å². The van der Waals surface area contributed by atoms with Gasteiger partial charge in [0.05, 0.1) is 6.54 Å². The largest absolute Gasteiger partial charge is 0.479 e. The Kier molecular flexibility index (Phi) is 5.66. The van der Waals surface area contributed by atoms with Gasteiger partial charge in [-0.1, -0.05) is 85.8 Å². The molecule has 0 spiro atoms. The van der Waals surface area contributed by atoms with Gasteiger partial charge >= 0.3 is 0 Å². The Labute approximate surface area is 183 Å². The SMILES string of the molecule is CC(Cc1c(P(c2ccccc2)c2ccccc2)sc2ccccc12)C1=NCCO1. The summed E-state index contributed by atoms with van der Waals surface area (Å²) in [5.41, 5.74) is 1.46. The summed E-state index contributed by atoms with van der Waals surface area (Å²) in [6.45, 7) is 3.75. The van der Waals surface area contributed by atoms with E-state index in [9.17, 15) is 0 Å². The van der Waals surface area contributed by atoms with E-state index >= 15 is 0 Å². The molecule has 0 N–H and O–H groups in total. The average molecular weight is 430 g/mol. The van der Waals surface area contributed by atoms with Crippen molar-refractivity contribution >= 4 is 50.5 Å². The molecular formula is C26H24NOPS. The van der Waals surface area contributed by atoms with E-state index in [1.54, 1.807) is 0 Å². The van der Waals surface area contributed by atoms with Crippen LogP contribution in [0.1, 0.15) is 12.5 Å². The fourth-order valence-electron chi connectivity index (χ4n) is 4.04. The number of aliphatic imine (C=N–C) groups is 1. The summed E-state index contributed by atoms with van der Waals surface area (Å²) >= 11 is 1.95. The molecule has 5 rings (SSSR count). The second-order valence-electron chi connectivity index (χ2n) is 7.56. The highest BCUT2D eigenvalue weighted by atomic mass is 32.1.